The summed E-state index contributed by atoms with van der Waals surface area (Å²) in [6, 6.07) is 1.49. The van der Waals surface area contributed by atoms with Crippen LogP contribution in [0.1, 0.15) is 12.8 Å². The van der Waals surface area contributed by atoms with Crippen LogP contribution < -0.4 is 15.2 Å². The second-order valence-electron chi connectivity index (χ2n) is 4.08. The van der Waals surface area contributed by atoms with E-state index in [1.54, 1.807) is 11.4 Å². The Kier molecular flexibility index (Phi) is 5.42. The van der Waals surface area contributed by atoms with Gasteiger partial charge in [-0.2, -0.15) is 0 Å². The largest absolute Gasteiger partial charge is 0.494 e. The van der Waals surface area contributed by atoms with Gasteiger partial charge in [0.1, 0.15) is 5.75 Å². The lowest BCUT2D eigenvalue weighted by Crippen LogP contribution is -2.41. The number of nitrogens with two attached hydrogens (primary N) is 1. The number of rotatable bonds is 6. The zero-order valence-electron chi connectivity index (χ0n) is 9.96. The smallest absolute Gasteiger partial charge is 0.254 e. The van der Waals surface area contributed by atoms with E-state index in [2.05, 4.69) is 4.72 Å². The molecule has 8 heteroatoms. The lowest BCUT2D eigenvalue weighted by Gasteiger charge is -2.15. The summed E-state index contributed by atoms with van der Waals surface area (Å²) in [6.45, 7) is 0.331. The van der Waals surface area contributed by atoms with E-state index in [9.17, 15) is 8.42 Å². The Hall–Kier alpha value is -0.340. The Bertz CT molecular complexity index is 485. The first-order valence-corrected chi connectivity index (χ1v) is 7.78. The summed E-state index contributed by atoms with van der Waals surface area (Å²) in [5.74, 6) is 0.773. The van der Waals surface area contributed by atoms with Gasteiger partial charge in [0.15, 0.2) is 4.21 Å². The minimum Gasteiger partial charge on any atom is -0.494 e. The van der Waals surface area contributed by atoms with Gasteiger partial charge in [-0.05, 0) is 30.2 Å². The molecule has 0 saturated heterocycles. The number of hydrogen-bond donors (Lipinski definition) is 2. The maximum atomic E-state index is 12.1. The van der Waals surface area contributed by atoms with Crippen molar-refractivity contribution in [2.45, 2.75) is 23.1 Å². The maximum absolute atomic E-state index is 12.1. The van der Waals surface area contributed by atoms with Crippen molar-refractivity contribution >= 4 is 33.8 Å². The molecule has 1 aromatic heterocycles. The van der Waals surface area contributed by atoms with E-state index in [0.29, 0.717) is 18.2 Å². The molecule has 0 bridgehead atoms. The Morgan fingerprint density at radius 1 is 1.61 bits per heavy atom. The van der Waals surface area contributed by atoms with Crippen LogP contribution in [0.2, 0.25) is 0 Å². The average molecular weight is 313 g/mol. The van der Waals surface area contributed by atoms with Gasteiger partial charge >= 0.3 is 0 Å². The van der Waals surface area contributed by atoms with Gasteiger partial charge < -0.3 is 10.5 Å². The van der Waals surface area contributed by atoms with Gasteiger partial charge in [0.2, 0.25) is 0 Å². The van der Waals surface area contributed by atoms with E-state index in [4.69, 9.17) is 10.5 Å². The third-order valence-electron chi connectivity index (χ3n) is 2.81. The summed E-state index contributed by atoms with van der Waals surface area (Å²) in [4.78, 5) is 0. The molecule has 1 aliphatic rings. The fourth-order valence-electron chi connectivity index (χ4n) is 1.72. The molecule has 1 fully saturated rings. The highest BCUT2D eigenvalue weighted by Crippen LogP contribution is 2.34. The van der Waals surface area contributed by atoms with E-state index in [1.807, 2.05) is 0 Å². The van der Waals surface area contributed by atoms with E-state index in [1.165, 1.54) is 7.11 Å². The zero-order chi connectivity index (χ0) is 12.5. The molecule has 3 N–H and O–H groups in total. The van der Waals surface area contributed by atoms with Gasteiger partial charge in [0.25, 0.3) is 10.0 Å². The van der Waals surface area contributed by atoms with Gasteiger partial charge in [-0.3, -0.25) is 0 Å². The molecule has 2 rings (SSSR count). The molecule has 0 aliphatic heterocycles. The van der Waals surface area contributed by atoms with Crippen molar-refractivity contribution in [2.24, 2.45) is 11.7 Å². The number of sulfonamides is 1. The molecule has 1 saturated carbocycles. The monoisotopic (exact) mass is 312 g/mol. The lowest BCUT2D eigenvalue weighted by atomic mass is 10.2. The van der Waals surface area contributed by atoms with Crippen molar-refractivity contribution < 1.29 is 13.2 Å². The van der Waals surface area contributed by atoms with Crippen LogP contribution in [-0.4, -0.2) is 28.1 Å². The van der Waals surface area contributed by atoms with Gasteiger partial charge in [-0.25, -0.2) is 13.1 Å². The number of hydrogen-bond acceptors (Lipinski definition) is 5. The van der Waals surface area contributed by atoms with Gasteiger partial charge in [-0.1, -0.05) is 0 Å². The van der Waals surface area contributed by atoms with Crippen molar-refractivity contribution in [3.05, 3.63) is 11.4 Å². The van der Waals surface area contributed by atoms with Crippen LogP contribution in [0.4, 0.5) is 0 Å². The fraction of sp³-hybridized carbons (Fsp3) is 0.600. The Morgan fingerprint density at radius 3 is 2.78 bits per heavy atom. The topological polar surface area (TPSA) is 81.4 Å². The highest BCUT2D eigenvalue weighted by Gasteiger charge is 2.34. The number of thiophene rings is 1. The highest BCUT2D eigenvalue weighted by molar-refractivity contribution is 7.91. The molecule has 1 aliphatic carbocycles. The molecule has 1 heterocycles. The first-order chi connectivity index (χ1) is 8.08. The second kappa shape index (κ2) is 6.21. The average Bonchev–Trinajstić information content (AvgIpc) is 3.02. The van der Waals surface area contributed by atoms with Crippen molar-refractivity contribution in [3.63, 3.8) is 0 Å². The second-order valence-corrected chi connectivity index (χ2v) is 6.90. The first-order valence-electron chi connectivity index (χ1n) is 5.42. The van der Waals surface area contributed by atoms with Crippen molar-refractivity contribution in [2.75, 3.05) is 13.7 Å². The van der Waals surface area contributed by atoms with Gasteiger partial charge in [0.05, 0.1) is 7.11 Å². The molecule has 18 heavy (non-hydrogen) atoms. The Labute approximate surface area is 117 Å². The Balaban J connectivity index is 0.00000162. The number of methoxy groups -OCH3 is 1. The SMILES string of the molecule is COc1ccsc1S(=O)(=O)NC(CN)C1CC1.Cl. The summed E-state index contributed by atoms with van der Waals surface area (Å²) >= 11 is 1.15. The van der Waals surface area contributed by atoms with E-state index in [-0.39, 0.29) is 22.7 Å². The quantitative estimate of drug-likeness (QED) is 0.827. The van der Waals surface area contributed by atoms with Crippen molar-refractivity contribution in [1.29, 1.82) is 0 Å². The summed E-state index contributed by atoms with van der Waals surface area (Å²) in [5, 5.41) is 1.70. The maximum Gasteiger partial charge on any atom is 0.254 e. The molecule has 1 atom stereocenters. The highest BCUT2D eigenvalue weighted by atomic mass is 35.5. The molecule has 104 valence electrons. The predicted molar refractivity (Wildman–Crippen MR) is 74.0 cm³/mol. The molecule has 0 aromatic carbocycles. The molecule has 1 aromatic rings. The molecular weight excluding hydrogens is 296 g/mol. The van der Waals surface area contributed by atoms with E-state index >= 15 is 0 Å². The molecule has 5 nitrogen and oxygen atoms in total. The van der Waals surface area contributed by atoms with Crippen LogP contribution in [0.5, 0.6) is 5.75 Å². The minimum absolute atomic E-state index is 0. The van der Waals surface area contributed by atoms with Gasteiger partial charge in [0, 0.05) is 12.6 Å². The summed E-state index contributed by atoms with van der Waals surface area (Å²) in [7, 11) is -2.05. The number of halogens is 1. The zero-order valence-corrected chi connectivity index (χ0v) is 12.4. The van der Waals surface area contributed by atoms with E-state index < -0.39 is 10.0 Å². The van der Waals surface area contributed by atoms with Crippen molar-refractivity contribution in [3.8, 4) is 5.75 Å². The van der Waals surface area contributed by atoms with E-state index in [0.717, 1.165) is 24.2 Å². The molecular formula is C10H17ClN2O3S2. The molecule has 0 radical (unpaired) electrons. The van der Waals surface area contributed by atoms with Gasteiger partial charge in [-0.15, -0.1) is 23.7 Å². The van der Waals surface area contributed by atoms with Crippen LogP contribution >= 0.6 is 23.7 Å². The van der Waals surface area contributed by atoms with Crippen LogP contribution in [0, 0.1) is 5.92 Å². The molecule has 0 spiro atoms. The summed E-state index contributed by atoms with van der Waals surface area (Å²) in [6.07, 6.45) is 2.10. The summed E-state index contributed by atoms with van der Waals surface area (Å²) < 4.78 is 32.2. The standard InChI is InChI=1S/C10H16N2O3S2.ClH/c1-15-9-4-5-16-10(9)17(13,14)12-8(6-11)7-2-3-7;/h4-5,7-8,12H,2-3,6,11H2,1H3;1H. The third-order valence-corrected chi connectivity index (χ3v) is 5.75. The number of nitrogens with one attached hydrogen (secondary N) is 1. The normalized spacial score (nSPS) is 17.0. The predicted octanol–water partition coefficient (Wildman–Crippen LogP) is 1.19. The van der Waals surface area contributed by atoms with Crippen LogP contribution in [-0.2, 0) is 10.0 Å². The number of ether oxygens (including phenoxy) is 1. The lowest BCUT2D eigenvalue weighted by molar-refractivity contribution is 0.405. The van der Waals surface area contributed by atoms with Crippen LogP contribution in [0.3, 0.4) is 0 Å². The molecule has 0 amide bonds. The van der Waals surface area contributed by atoms with Crippen LogP contribution in [0.15, 0.2) is 15.7 Å². The minimum atomic E-state index is -3.51. The van der Waals surface area contributed by atoms with Crippen molar-refractivity contribution in [1.82, 2.24) is 4.72 Å². The molecule has 1 unspecified atom stereocenters. The fourth-order valence-corrected chi connectivity index (χ4v) is 4.33. The van der Waals surface area contributed by atoms with Crippen LogP contribution in [0.25, 0.3) is 0 Å². The first kappa shape index (κ1) is 15.7. The Morgan fingerprint density at radius 2 is 2.28 bits per heavy atom. The third kappa shape index (κ3) is 3.36. The summed E-state index contributed by atoms with van der Waals surface area (Å²) in [5.41, 5.74) is 5.59.